The van der Waals surface area contributed by atoms with Crippen LogP contribution in [-0.4, -0.2) is 48.5 Å². The van der Waals surface area contributed by atoms with Crippen LogP contribution in [0, 0.1) is 0 Å². The predicted octanol–water partition coefficient (Wildman–Crippen LogP) is 1.47. The lowest BCUT2D eigenvalue weighted by molar-refractivity contribution is -0.142. The summed E-state index contributed by atoms with van der Waals surface area (Å²) in [5.41, 5.74) is -0.712. The van der Waals surface area contributed by atoms with E-state index < -0.39 is 64.7 Å². The van der Waals surface area contributed by atoms with Crippen LogP contribution in [0.5, 0.6) is 0 Å². The highest BCUT2D eigenvalue weighted by Gasteiger charge is 2.46. The van der Waals surface area contributed by atoms with Crippen LogP contribution in [0.1, 0.15) is 16.7 Å². The minimum Gasteiger partial charge on any atom is -0.480 e. The van der Waals surface area contributed by atoms with Crippen molar-refractivity contribution in [1.82, 2.24) is 14.3 Å². The number of carbonyl (C=O) groups excluding carboxylic acids is 1. The van der Waals surface area contributed by atoms with E-state index in [0.717, 1.165) is 23.8 Å². The number of halogens is 3. The molecule has 1 aliphatic rings. The largest absolute Gasteiger partial charge is 0.480 e. The minimum atomic E-state index is -4.75. The van der Waals surface area contributed by atoms with Gasteiger partial charge in [-0.25, -0.2) is 4.72 Å². The maximum Gasteiger partial charge on any atom is 0.416 e. The van der Waals surface area contributed by atoms with E-state index >= 15 is 0 Å². The topological polar surface area (TPSA) is 125 Å². The van der Waals surface area contributed by atoms with Gasteiger partial charge in [0.05, 0.1) is 18.8 Å². The molecule has 0 aromatic heterocycles. The molecule has 1 heterocycles. The first-order valence-corrected chi connectivity index (χ1v) is 11.0. The molecule has 0 radical (unpaired) electrons. The van der Waals surface area contributed by atoms with Crippen molar-refractivity contribution in [2.45, 2.75) is 31.5 Å². The fraction of sp³-hybridized carbons (Fsp3) is 0.300. The summed E-state index contributed by atoms with van der Waals surface area (Å²) in [6.07, 6.45) is -6.51. The summed E-state index contributed by atoms with van der Waals surface area (Å²) in [6, 6.07) is 11.6. The average Bonchev–Trinajstić information content (AvgIpc) is 2.95. The lowest BCUT2D eigenvalue weighted by atomic mass is 10.1. The molecular weight excluding hydrogens is 467 g/mol. The Morgan fingerprint density at radius 1 is 1.15 bits per heavy atom. The third-order valence-electron chi connectivity index (χ3n) is 4.78. The van der Waals surface area contributed by atoms with Gasteiger partial charge in [0.15, 0.2) is 6.17 Å². The summed E-state index contributed by atoms with van der Waals surface area (Å²) in [4.78, 5) is 23.9. The molecule has 2 aromatic carbocycles. The number of alkyl halides is 3. The Labute approximate surface area is 187 Å². The molecule has 0 unspecified atom stereocenters. The molecule has 33 heavy (non-hydrogen) atoms. The second-order valence-corrected chi connectivity index (χ2v) is 8.76. The van der Waals surface area contributed by atoms with Crippen LogP contribution in [0.15, 0.2) is 54.6 Å². The van der Waals surface area contributed by atoms with Gasteiger partial charge >= 0.3 is 22.4 Å². The number of ether oxygens (including phenoxy) is 1. The highest BCUT2D eigenvalue weighted by Crippen LogP contribution is 2.33. The maximum atomic E-state index is 13.3. The van der Waals surface area contributed by atoms with Gasteiger partial charge in [-0.3, -0.25) is 14.9 Å². The minimum absolute atomic E-state index is 0.0597. The molecule has 1 amide bonds. The number of hydrogen-bond acceptors (Lipinski definition) is 6. The van der Waals surface area contributed by atoms with Crippen LogP contribution < -0.4 is 10.0 Å². The normalized spacial score (nSPS) is 19.2. The highest BCUT2D eigenvalue weighted by atomic mass is 32.2. The Hall–Kier alpha value is -3.00. The van der Waals surface area contributed by atoms with E-state index in [1.807, 2.05) is 0 Å². The summed E-state index contributed by atoms with van der Waals surface area (Å²) in [6.45, 7) is -1.18. The molecule has 9 nitrogen and oxygen atoms in total. The van der Waals surface area contributed by atoms with Crippen molar-refractivity contribution in [2.24, 2.45) is 0 Å². The van der Waals surface area contributed by atoms with Crippen molar-refractivity contribution in [2.75, 3.05) is 6.61 Å². The first kappa shape index (κ1) is 24.6. The van der Waals surface area contributed by atoms with Gasteiger partial charge in [0.2, 0.25) is 0 Å². The SMILES string of the molecule is O=C(O)[C@H](COCc1ccccc1)N[C@H]1C(=O)NS(=O)(=O)N1Cc1ccccc1C(F)(F)F. The van der Waals surface area contributed by atoms with Crippen LogP contribution in [0.2, 0.25) is 0 Å². The number of carboxylic acid groups (broad SMARTS) is 1. The number of hydrogen-bond donors (Lipinski definition) is 3. The van der Waals surface area contributed by atoms with Crippen LogP contribution in [0.3, 0.4) is 0 Å². The van der Waals surface area contributed by atoms with E-state index in [1.54, 1.807) is 35.1 Å². The van der Waals surface area contributed by atoms with Crippen LogP contribution in [-0.2, 0) is 43.9 Å². The van der Waals surface area contributed by atoms with Crippen LogP contribution in [0.25, 0.3) is 0 Å². The van der Waals surface area contributed by atoms with Gasteiger partial charge in [-0.1, -0.05) is 48.5 Å². The molecule has 0 bridgehead atoms. The van der Waals surface area contributed by atoms with Gasteiger partial charge in [-0.2, -0.15) is 25.9 Å². The number of amides is 1. The van der Waals surface area contributed by atoms with Gasteiger partial charge in [0, 0.05) is 6.54 Å². The molecule has 2 aromatic rings. The van der Waals surface area contributed by atoms with Gasteiger partial charge in [-0.05, 0) is 17.2 Å². The fourth-order valence-corrected chi connectivity index (χ4v) is 4.43. The Bertz CT molecular complexity index is 1110. The molecule has 1 saturated heterocycles. The number of carbonyl (C=O) groups is 2. The van der Waals surface area contributed by atoms with Crippen LogP contribution in [0.4, 0.5) is 13.2 Å². The van der Waals surface area contributed by atoms with Crippen molar-refractivity contribution in [3.63, 3.8) is 0 Å². The summed E-state index contributed by atoms with van der Waals surface area (Å²) >= 11 is 0. The number of rotatable bonds is 9. The van der Waals surface area contributed by atoms with Gasteiger partial charge < -0.3 is 9.84 Å². The summed E-state index contributed by atoms with van der Waals surface area (Å²) < 4.78 is 72.3. The van der Waals surface area contributed by atoms with E-state index in [2.05, 4.69) is 5.32 Å². The fourth-order valence-electron chi connectivity index (χ4n) is 3.20. The second-order valence-electron chi connectivity index (χ2n) is 7.13. The Balaban J connectivity index is 1.78. The molecule has 178 valence electrons. The van der Waals surface area contributed by atoms with Gasteiger partial charge in [0.25, 0.3) is 5.91 Å². The van der Waals surface area contributed by atoms with E-state index in [4.69, 9.17) is 4.74 Å². The highest BCUT2D eigenvalue weighted by molar-refractivity contribution is 7.88. The first-order valence-electron chi connectivity index (χ1n) is 9.58. The number of nitrogens with one attached hydrogen (secondary N) is 2. The predicted molar refractivity (Wildman–Crippen MR) is 108 cm³/mol. The van der Waals surface area contributed by atoms with Crippen molar-refractivity contribution >= 4 is 22.1 Å². The van der Waals surface area contributed by atoms with E-state index in [9.17, 15) is 36.3 Å². The smallest absolute Gasteiger partial charge is 0.416 e. The second kappa shape index (κ2) is 9.87. The molecular formula is C20H20F3N3O6S. The zero-order valence-corrected chi connectivity index (χ0v) is 17.8. The van der Waals surface area contributed by atoms with Crippen molar-refractivity contribution in [3.05, 3.63) is 71.3 Å². The molecule has 3 rings (SSSR count). The Morgan fingerprint density at radius 3 is 2.42 bits per heavy atom. The average molecular weight is 487 g/mol. The van der Waals surface area contributed by atoms with E-state index in [0.29, 0.717) is 4.31 Å². The molecule has 0 aliphatic carbocycles. The lowest BCUT2D eigenvalue weighted by Gasteiger charge is -2.25. The van der Waals surface area contributed by atoms with E-state index in [-0.39, 0.29) is 6.61 Å². The number of nitrogens with zero attached hydrogens (tertiary/aromatic N) is 1. The van der Waals surface area contributed by atoms with Gasteiger partial charge in [0.1, 0.15) is 6.04 Å². The third kappa shape index (κ3) is 6.07. The monoisotopic (exact) mass is 487 g/mol. The van der Waals surface area contributed by atoms with Crippen LogP contribution >= 0.6 is 0 Å². The van der Waals surface area contributed by atoms with E-state index in [1.165, 1.54) is 6.07 Å². The Morgan fingerprint density at radius 2 is 1.79 bits per heavy atom. The third-order valence-corrected chi connectivity index (χ3v) is 6.19. The lowest BCUT2D eigenvalue weighted by Crippen LogP contribution is -2.54. The molecule has 3 N–H and O–H groups in total. The van der Waals surface area contributed by atoms with Gasteiger partial charge in [-0.15, -0.1) is 0 Å². The molecule has 1 fully saturated rings. The number of carboxylic acids is 1. The summed E-state index contributed by atoms with van der Waals surface area (Å²) in [5, 5.41) is 11.8. The zero-order valence-electron chi connectivity index (χ0n) is 16.9. The first-order chi connectivity index (χ1) is 15.5. The number of aliphatic carboxylic acids is 1. The molecule has 1 aliphatic heterocycles. The van der Waals surface area contributed by atoms with Crippen molar-refractivity contribution in [1.29, 1.82) is 0 Å². The number of benzene rings is 2. The maximum absolute atomic E-state index is 13.3. The summed E-state index contributed by atoms with van der Waals surface area (Å²) in [7, 11) is -4.51. The van der Waals surface area contributed by atoms with Crippen molar-refractivity contribution in [3.8, 4) is 0 Å². The molecule has 0 saturated carbocycles. The molecule has 0 spiro atoms. The standard InChI is InChI=1S/C20H20F3N3O6S/c21-20(22,23)15-9-5-4-8-14(15)10-26-17(18(27)25-33(26,30)31)24-16(19(28)29)12-32-11-13-6-2-1-3-7-13/h1-9,16-17,24H,10-12H2,(H,25,27)(H,28,29)/t16-,17+/m0/s1. The molecule has 13 heteroatoms. The quantitative estimate of drug-likeness (QED) is 0.489. The zero-order chi connectivity index (χ0) is 24.2. The Kier molecular flexibility index (Phi) is 7.37. The van der Waals surface area contributed by atoms with Crippen molar-refractivity contribution < 1.29 is 41.0 Å². The summed E-state index contributed by atoms with van der Waals surface area (Å²) in [5.74, 6) is -2.55. The molecule has 2 atom stereocenters.